The first-order valence-corrected chi connectivity index (χ1v) is 10.0. The molecule has 0 radical (unpaired) electrons. The van der Waals surface area contributed by atoms with Crippen LogP contribution in [0.1, 0.15) is 27.0 Å². The minimum Gasteiger partial charge on any atom is -0.497 e. The van der Waals surface area contributed by atoms with Gasteiger partial charge in [0.2, 0.25) is 0 Å². The number of carbonyl (C=O) groups is 2. The molecule has 0 atom stereocenters. The summed E-state index contributed by atoms with van der Waals surface area (Å²) in [5.74, 6) is 0.528. The Bertz CT molecular complexity index is 1120. The van der Waals surface area contributed by atoms with Crippen LogP contribution < -0.4 is 4.74 Å². The molecule has 2 amide bonds. The van der Waals surface area contributed by atoms with Crippen LogP contribution >= 0.6 is 11.6 Å². The van der Waals surface area contributed by atoms with Gasteiger partial charge in [0.15, 0.2) is 0 Å². The lowest BCUT2D eigenvalue weighted by atomic mass is 9.92. The molecule has 0 unspecified atom stereocenters. The van der Waals surface area contributed by atoms with Gasteiger partial charge in [0, 0.05) is 28.8 Å². The first-order valence-electron chi connectivity index (χ1n) is 9.49. The molecule has 0 spiro atoms. The minimum atomic E-state index is -0.334. The Morgan fingerprint density at radius 3 is 2.47 bits per heavy atom. The van der Waals surface area contributed by atoms with Gasteiger partial charge in [-0.05, 0) is 35.4 Å². The van der Waals surface area contributed by atoms with Gasteiger partial charge in [-0.2, -0.15) is 5.10 Å². The second kappa shape index (κ2) is 8.55. The molecule has 152 valence electrons. The zero-order valence-corrected chi connectivity index (χ0v) is 17.2. The number of halogens is 1. The highest BCUT2D eigenvalue weighted by Crippen LogP contribution is 2.31. The number of alkyl halides is 1. The van der Waals surface area contributed by atoms with E-state index in [-0.39, 0.29) is 18.4 Å². The van der Waals surface area contributed by atoms with E-state index in [0.717, 1.165) is 16.9 Å². The standard InChI is InChI=1S/C23H20ClN3O3/c1-30-18-8-6-16(7-9-18)15-27-22(28)20-5-3-2-4-19(20)21(23(27)29)12-17-13-25-26(14-17)11-10-24/h2-9,12-14H,10-11,15H2,1H3/b21-12+. The van der Waals surface area contributed by atoms with Gasteiger partial charge in [0.25, 0.3) is 11.8 Å². The second-order valence-corrected chi connectivity index (χ2v) is 7.25. The molecule has 6 nitrogen and oxygen atoms in total. The van der Waals surface area contributed by atoms with Crippen molar-refractivity contribution in [3.8, 4) is 5.75 Å². The summed E-state index contributed by atoms with van der Waals surface area (Å²) >= 11 is 5.78. The lowest BCUT2D eigenvalue weighted by molar-refractivity contribution is -0.123. The summed E-state index contributed by atoms with van der Waals surface area (Å²) in [6.45, 7) is 0.760. The number of nitrogens with zero attached hydrogens (tertiary/aromatic N) is 3. The van der Waals surface area contributed by atoms with Crippen LogP contribution in [0, 0.1) is 0 Å². The third kappa shape index (κ3) is 3.86. The Labute approximate surface area is 179 Å². The lowest BCUT2D eigenvalue weighted by Gasteiger charge is -2.28. The number of fused-ring (bicyclic) bond motifs is 1. The molecule has 0 aliphatic carbocycles. The number of aryl methyl sites for hydroxylation is 1. The highest BCUT2D eigenvalue weighted by molar-refractivity contribution is 6.33. The SMILES string of the molecule is COc1ccc(CN2C(=O)/C(=C/c3cnn(CCCl)c3)c3ccccc3C2=O)cc1. The third-order valence-electron chi connectivity index (χ3n) is 4.95. The predicted molar refractivity (Wildman–Crippen MR) is 115 cm³/mol. The van der Waals surface area contributed by atoms with Crippen molar-refractivity contribution in [2.24, 2.45) is 0 Å². The van der Waals surface area contributed by atoms with Crippen molar-refractivity contribution in [1.29, 1.82) is 0 Å². The lowest BCUT2D eigenvalue weighted by Crippen LogP contribution is -2.41. The number of methoxy groups -OCH3 is 1. The summed E-state index contributed by atoms with van der Waals surface area (Å²) in [5.41, 5.74) is 3.21. The molecule has 0 N–H and O–H groups in total. The van der Waals surface area contributed by atoms with Gasteiger partial charge < -0.3 is 4.74 Å². The Kier molecular flexibility index (Phi) is 5.68. The maximum absolute atomic E-state index is 13.3. The van der Waals surface area contributed by atoms with Gasteiger partial charge in [0.1, 0.15) is 5.75 Å². The summed E-state index contributed by atoms with van der Waals surface area (Å²) in [4.78, 5) is 27.7. The minimum absolute atomic E-state index is 0.179. The van der Waals surface area contributed by atoms with Crippen molar-refractivity contribution in [2.45, 2.75) is 13.1 Å². The number of carbonyl (C=O) groups excluding carboxylic acids is 2. The van der Waals surface area contributed by atoms with Crippen molar-refractivity contribution < 1.29 is 14.3 Å². The Hall–Kier alpha value is -3.38. The van der Waals surface area contributed by atoms with E-state index >= 15 is 0 Å². The van der Waals surface area contributed by atoms with E-state index in [1.807, 2.05) is 36.5 Å². The summed E-state index contributed by atoms with van der Waals surface area (Å²) in [5, 5.41) is 4.25. The molecule has 2 heterocycles. The normalized spacial score (nSPS) is 14.9. The molecule has 0 saturated heterocycles. The van der Waals surface area contributed by atoms with E-state index in [0.29, 0.717) is 29.1 Å². The highest BCUT2D eigenvalue weighted by atomic mass is 35.5. The molecular formula is C23H20ClN3O3. The number of hydrogen-bond donors (Lipinski definition) is 0. The molecule has 2 aromatic carbocycles. The van der Waals surface area contributed by atoms with Gasteiger partial charge in [-0.15, -0.1) is 11.6 Å². The molecule has 7 heteroatoms. The Balaban J connectivity index is 1.71. The van der Waals surface area contributed by atoms with Crippen molar-refractivity contribution in [1.82, 2.24) is 14.7 Å². The smallest absolute Gasteiger partial charge is 0.261 e. The van der Waals surface area contributed by atoms with Crippen LogP contribution in [0.15, 0.2) is 60.9 Å². The molecule has 1 aromatic heterocycles. The predicted octanol–water partition coefficient (Wildman–Crippen LogP) is 3.85. The Morgan fingerprint density at radius 1 is 1.03 bits per heavy atom. The van der Waals surface area contributed by atoms with Gasteiger partial charge in [-0.1, -0.05) is 30.3 Å². The quantitative estimate of drug-likeness (QED) is 0.344. The van der Waals surface area contributed by atoms with Crippen LogP contribution in [0.5, 0.6) is 5.75 Å². The van der Waals surface area contributed by atoms with E-state index in [1.165, 1.54) is 4.90 Å². The summed E-state index contributed by atoms with van der Waals surface area (Å²) < 4.78 is 6.90. The van der Waals surface area contributed by atoms with E-state index < -0.39 is 0 Å². The molecule has 0 fully saturated rings. The van der Waals surface area contributed by atoms with Crippen LogP contribution in [0.2, 0.25) is 0 Å². The highest BCUT2D eigenvalue weighted by Gasteiger charge is 2.34. The van der Waals surface area contributed by atoms with Crippen LogP contribution in [-0.4, -0.2) is 39.5 Å². The second-order valence-electron chi connectivity index (χ2n) is 6.87. The number of benzene rings is 2. The van der Waals surface area contributed by atoms with Crippen LogP contribution in [0.4, 0.5) is 0 Å². The van der Waals surface area contributed by atoms with Crippen LogP contribution in [0.3, 0.4) is 0 Å². The molecule has 4 rings (SSSR count). The number of amides is 2. The van der Waals surface area contributed by atoms with Crippen LogP contribution in [0.25, 0.3) is 11.6 Å². The van der Waals surface area contributed by atoms with E-state index in [1.54, 1.807) is 42.3 Å². The van der Waals surface area contributed by atoms with Gasteiger partial charge in [-0.25, -0.2) is 0 Å². The fourth-order valence-corrected chi connectivity index (χ4v) is 3.60. The van der Waals surface area contributed by atoms with Gasteiger partial charge in [-0.3, -0.25) is 19.2 Å². The van der Waals surface area contributed by atoms with Gasteiger partial charge in [0.05, 0.1) is 26.4 Å². The van der Waals surface area contributed by atoms with E-state index in [9.17, 15) is 9.59 Å². The molecule has 0 saturated carbocycles. The molecule has 1 aliphatic rings. The zero-order valence-electron chi connectivity index (χ0n) is 16.4. The number of hydrogen-bond acceptors (Lipinski definition) is 4. The molecule has 30 heavy (non-hydrogen) atoms. The summed E-state index contributed by atoms with van der Waals surface area (Å²) in [6.07, 6.45) is 5.28. The fourth-order valence-electron chi connectivity index (χ4n) is 3.43. The fraction of sp³-hybridized carbons (Fsp3) is 0.174. The maximum atomic E-state index is 13.3. The first kappa shape index (κ1) is 19.9. The first-order chi connectivity index (χ1) is 14.6. The zero-order chi connectivity index (χ0) is 21.1. The molecule has 0 bridgehead atoms. The number of ether oxygens (including phenoxy) is 1. The topological polar surface area (TPSA) is 64.4 Å². The molecular weight excluding hydrogens is 402 g/mol. The van der Waals surface area contributed by atoms with Crippen molar-refractivity contribution >= 4 is 35.1 Å². The number of aromatic nitrogens is 2. The van der Waals surface area contributed by atoms with Gasteiger partial charge >= 0.3 is 0 Å². The third-order valence-corrected chi connectivity index (χ3v) is 5.11. The van der Waals surface area contributed by atoms with Crippen molar-refractivity contribution in [3.63, 3.8) is 0 Å². The van der Waals surface area contributed by atoms with Crippen molar-refractivity contribution in [3.05, 3.63) is 83.2 Å². The summed E-state index contributed by atoms with van der Waals surface area (Å²) in [7, 11) is 1.59. The molecule has 3 aromatic rings. The monoisotopic (exact) mass is 421 g/mol. The number of rotatable bonds is 6. The van der Waals surface area contributed by atoms with E-state index in [2.05, 4.69) is 5.10 Å². The number of imide groups is 1. The summed E-state index contributed by atoms with van der Waals surface area (Å²) in [6, 6.07) is 14.5. The van der Waals surface area contributed by atoms with E-state index in [4.69, 9.17) is 16.3 Å². The van der Waals surface area contributed by atoms with Crippen LogP contribution in [-0.2, 0) is 17.9 Å². The maximum Gasteiger partial charge on any atom is 0.261 e. The van der Waals surface area contributed by atoms with Crippen molar-refractivity contribution in [2.75, 3.05) is 13.0 Å². The average Bonchev–Trinajstić information content (AvgIpc) is 3.22. The molecule has 1 aliphatic heterocycles. The average molecular weight is 422 g/mol. The largest absolute Gasteiger partial charge is 0.497 e. The Morgan fingerprint density at radius 2 is 1.77 bits per heavy atom.